The van der Waals surface area contributed by atoms with Crippen LogP contribution in [0.5, 0.6) is 0 Å². The molecule has 1 aromatic heterocycles. The first kappa shape index (κ1) is 20.5. The van der Waals surface area contributed by atoms with Gasteiger partial charge in [0.05, 0.1) is 12.0 Å². The molecule has 150 valence electrons. The van der Waals surface area contributed by atoms with Gasteiger partial charge in [-0.2, -0.15) is 0 Å². The van der Waals surface area contributed by atoms with E-state index in [2.05, 4.69) is 45.0 Å². The number of hydrogen-bond acceptors (Lipinski definition) is 4. The Hall–Kier alpha value is -2.21. The minimum atomic E-state index is -0.141. The van der Waals surface area contributed by atoms with Gasteiger partial charge in [0, 0.05) is 19.6 Å². The third-order valence-corrected chi connectivity index (χ3v) is 6.30. The van der Waals surface area contributed by atoms with Crippen molar-refractivity contribution < 1.29 is 14.0 Å². The predicted molar refractivity (Wildman–Crippen MR) is 112 cm³/mol. The fourth-order valence-electron chi connectivity index (χ4n) is 3.31. The molecule has 0 aliphatic carbocycles. The number of nitrogens with zero attached hydrogens (tertiary/aromatic N) is 2. The fraction of sp³-hybridized carbons (Fsp3) is 0.455. The topological polar surface area (TPSA) is 53.8 Å². The summed E-state index contributed by atoms with van der Waals surface area (Å²) in [5.74, 6) is 0.789. The molecule has 1 aromatic carbocycles. The molecule has 2 heterocycles. The van der Waals surface area contributed by atoms with Gasteiger partial charge in [-0.25, -0.2) is 0 Å². The Bertz CT molecular complexity index is 809. The van der Waals surface area contributed by atoms with Crippen molar-refractivity contribution in [2.75, 3.05) is 25.4 Å². The molecule has 1 atom stereocenters. The molecule has 1 saturated heterocycles. The van der Waals surface area contributed by atoms with Crippen LogP contribution < -0.4 is 0 Å². The first-order valence-electron chi connectivity index (χ1n) is 9.65. The lowest BCUT2D eigenvalue weighted by atomic mass is 9.87. The van der Waals surface area contributed by atoms with E-state index in [9.17, 15) is 9.59 Å². The van der Waals surface area contributed by atoms with E-state index in [0.717, 1.165) is 5.56 Å². The molecule has 2 amide bonds. The molecular weight excluding hydrogens is 372 g/mol. The number of rotatable bonds is 6. The Kier molecular flexibility index (Phi) is 6.18. The minimum absolute atomic E-state index is 0.000982. The van der Waals surface area contributed by atoms with Crippen LogP contribution in [0.25, 0.3) is 0 Å². The lowest BCUT2D eigenvalue weighted by molar-refractivity contribution is -0.128. The summed E-state index contributed by atoms with van der Waals surface area (Å²) in [5.41, 5.74) is 2.51. The molecule has 3 rings (SSSR count). The molecule has 0 bridgehead atoms. The Morgan fingerprint density at radius 1 is 1.25 bits per heavy atom. The van der Waals surface area contributed by atoms with Gasteiger partial charge >= 0.3 is 0 Å². The van der Waals surface area contributed by atoms with E-state index in [1.165, 1.54) is 11.8 Å². The van der Waals surface area contributed by atoms with Gasteiger partial charge in [-0.1, -0.05) is 45.0 Å². The molecule has 28 heavy (non-hydrogen) atoms. The number of carbonyl (C=O) groups is 2. The quantitative estimate of drug-likeness (QED) is 0.725. The number of hydrogen-bond donors (Lipinski definition) is 0. The summed E-state index contributed by atoms with van der Waals surface area (Å²) in [6.07, 6.45) is 1.50. The van der Waals surface area contributed by atoms with E-state index in [0.29, 0.717) is 31.1 Å². The summed E-state index contributed by atoms with van der Waals surface area (Å²) >= 11 is 1.64. The van der Waals surface area contributed by atoms with Crippen LogP contribution in [0, 0.1) is 0 Å². The lowest BCUT2D eigenvalue weighted by Crippen LogP contribution is -2.40. The maximum atomic E-state index is 12.5. The Morgan fingerprint density at radius 2 is 1.96 bits per heavy atom. The summed E-state index contributed by atoms with van der Waals surface area (Å²) in [7, 11) is 0. The zero-order chi connectivity index (χ0) is 20.3. The van der Waals surface area contributed by atoms with Crippen molar-refractivity contribution in [1.29, 1.82) is 0 Å². The van der Waals surface area contributed by atoms with Crippen molar-refractivity contribution >= 4 is 23.6 Å². The van der Waals surface area contributed by atoms with Gasteiger partial charge in [0.15, 0.2) is 5.76 Å². The Balaban J connectivity index is 1.69. The smallest absolute Gasteiger partial charge is 0.289 e. The summed E-state index contributed by atoms with van der Waals surface area (Å²) in [4.78, 5) is 28.6. The first-order chi connectivity index (χ1) is 13.3. The zero-order valence-corrected chi connectivity index (χ0v) is 17.8. The lowest BCUT2D eigenvalue weighted by Gasteiger charge is -2.28. The van der Waals surface area contributed by atoms with Crippen LogP contribution in [0.2, 0.25) is 0 Å². The van der Waals surface area contributed by atoms with Gasteiger partial charge in [0.2, 0.25) is 5.91 Å². The number of thioether (sulfide) groups is 1. The SMILES string of the molecule is CCN(CCN1C(=O)CSC1c1ccc(C(C)(C)C)cc1)C(=O)c1ccco1. The highest BCUT2D eigenvalue weighted by Gasteiger charge is 2.33. The molecule has 0 saturated carbocycles. The van der Waals surface area contributed by atoms with E-state index >= 15 is 0 Å². The third-order valence-electron chi connectivity index (χ3n) is 5.04. The van der Waals surface area contributed by atoms with Crippen LogP contribution >= 0.6 is 11.8 Å². The second-order valence-corrected chi connectivity index (χ2v) is 9.05. The van der Waals surface area contributed by atoms with Crippen LogP contribution in [-0.2, 0) is 10.2 Å². The molecule has 6 heteroatoms. The van der Waals surface area contributed by atoms with Crippen molar-refractivity contribution in [3.05, 3.63) is 59.5 Å². The number of carbonyl (C=O) groups excluding carboxylic acids is 2. The summed E-state index contributed by atoms with van der Waals surface area (Å²) < 4.78 is 5.22. The Morgan fingerprint density at radius 3 is 2.54 bits per heavy atom. The number of benzene rings is 1. The van der Waals surface area contributed by atoms with E-state index in [1.807, 2.05) is 11.8 Å². The highest BCUT2D eigenvalue weighted by molar-refractivity contribution is 8.00. The molecule has 0 spiro atoms. The first-order valence-corrected chi connectivity index (χ1v) is 10.7. The summed E-state index contributed by atoms with van der Waals surface area (Å²) in [6.45, 7) is 10.1. The van der Waals surface area contributed by atoms with Gasteiger partial charge in [-0.05, 0) is 35.6 Å². The van der Waals surface area contributed by atoms with Gasteiger partial charge in [-0.15, -0.1) is 11.8 Å². The third kappa shape index (κ3) is 4.43. The maximum absolute atomic E-state index is 12.5. The van der Waals surface area contributed by atoms with Crippen LogP contribution in [-0.4, -0.2) is 47.0 Å². The van der Waals surface area contributed by atoms with Gasteiger partial charge in [0.1, 0.15) is 5.37 Å². The van der Waals surface area contributed by atoms with E-state index < -0.39 is 0 Å². The number of likely N-dealkylation sites (N-methyl/N-ethyl adjacent to an activating group) is 1. The number of furan rings is 1. The predicted octanol–water partition coefficient (Wildman–Crippen LogP) is 4.31. The largest absolute Gasteiger partial charge is 0.459 e. The summed E-state index contributed by atoms with van der Waals surface area (Å²) in [5, 5.41) is -0.000982. The molecule has 1 aliphatic rings. The summed E-state index contributed by atoms with van der Waals surface area (Å²) in [6, 6.07) is 11.9. The van der Waals surface area contributed by atoms with Crippen LogP contribution in [0.4, 0.5) is 0 Å². The van der Waals surface area contributed by atoms with Crippen LogP contribution in [0.15, 0.2) is 47.1 Å². The molecule has 1 unspecified atom stereocenters. The molecule has 1 aliphatic heterocycles. The molecule has 5 nitrogen and oxygen atoms in total. The van der Waals surface area contributed by atoms with E-state index in [-0.39, 0.29) is 22.6 Å². The van der Waals surface area contributed by atoms with Crippen molar-refractivity contribution in [3.8, 4) is 0 Å². The average molecular weight is 401 g/mol. The second kappa shape index (κ2) is 8.43. The standard InChI is InChI=1S/C22H28N2O3S/c1-5-23(20(26)18-7-6-14-27-18)12-13-24-19(25)15-28-21(24)16-8-10-17(11-9-16)22(2,3)4/h6-11,14,21H,5,12-13,15H2,1-4H3. The molecule has 0 radical (unpaired) electrons. The van der Waals surface area contributed by atoms with Crippen LogP contribution in [0.1, 0.15) is 54.8 Å². The molecule has 0 N–H and O–H groups in total. The molecule has 2 aromatic rings. The van der Waals surface area contributed by atoms with Gasteiger partial charge in [0.25, 0.3) is 5.91 Å². The van der Waals surface area contributed by atoms with Crippen LogP contribution in [0.3, 0.4) is 0 Å². The van der Waals surface area contributed by atoms with Crippen molar-refractivity contribution in [2.45, 2.75) is 38.5 Å². The van der Waals surface area contributed by atoms with Crippen molar-refractivity contribution in [1.82, 2.24) is 9.80 Å². The van der Waals surface area contributed by atoms with Crippen molar-refractivity contribution in [3.63, 3.8) is 0 Å². The second-order valence-electron chi connectivity index (χ2n) is 7.98. The van der Waals surface area contributed by atoms with E-state index in [4.69, 9.17) is 4.42 Å². The Labute approximate surface area is 171 Å². The molecule has 1 fully saturated rings. The van der Waals surface area contributed by atoms with E-state index in [1.54, 1.807) is 28.8 Å². The average Bonchev–Trinajstić information content (AvgIpc) is 3.32. The molecular formula is C22H28N2O3S. The maximum Gasteiger partial charge on any atom is 0.289 e. The van der Waals surface area contributed by atoms with Gasteiger partial charge in [-0.3, -0.25) is 9.59 Å². The highest BCUT2D eigenvalue weighted by Crippen LogP contribution is 2.39. The number of amides is 2. The van der Waals surface area contributed by atoms with Gasteiger partial charge < -0.3 is 14.2 Å². The monoisotopic (exact) mass is 400 g/mol. The minimum Gasteiger partial charge on any atom is -0.459 e. The normalized spacial score (nSPS) is 17.2. The highest BCUT2D eigenvalue weighted by atomic mass is 32.2. The zero-order valence-electron chi connectivity index (χ0n) is 17.0. The van der Waals surface area contributed by atoms with Crippen molar-refractivity contribution in [2.24, 2.45) is 0 Å². The fourth-order valence-corrected chi connectivity index (χ4v) is 4.53.